The summed E-state index contributed by atoms with van der Waals surface area (Å²) in [5.74, 6) is 3.42. The molecule has 2 aromatic carbocycles. The van der Waals surface area contributed by atoms with E-state index in [2.05, 4.69) is 0 Å². The Morgan fingerprint density at radius 3 is 2.74 bits per heavy atom. The van der Waals surface area contributed by atoms with Gasteiger partial charge < -0.3 is 23.8 Å². The number of nitrogens with zero attached hydrogens (tertiary/aromatic N) is 1. The molecule has 1 saturated heterocycles. The van der Waals surface area contributed by atoms with Crippen molar-refractivity contribution in [2.45, 2.75) is 11.5 Å². The van der Waals surface area contributed by atoms with Crippen molar-refractivity contribution < 1.29 is 23.7 Å². The molecule has 2 heterocycles. The summed E-state index contributed by atoms with van der Waals surface area (Å²) in [6.07, 6.45) is -0.221. The summed E-state index contributed by atoms with van der Waals surface area (Å²) in [6.45, 7) is 0.860. The van der Waals surface area contributed by atoms with Crippen molar-refractivity contribution in [3.05, 3.63) is 48.0 Å². The molecule has 1 fully saturated rings. The quantitative estimate of drug-likeness (QED) is 0.786. The number of hydrogen-bond acceptors (Lipinski definition) is 6. The molecule has 0 saturated carbocycles. The number of thioether (sulfide) groups is 1. The lowest BCUT2D eigenvalue weighted by molar-refractivity contribution is -0.129. The molecule has 2 aliphatic rings. The lowest BCUT2D eigenvalue weighted by Crippen LogP contribution is -2.42. The second-order valence-electron chi connectivity index (χ2n) is 6.31. The molecule has 2 aliphatic heterocycles. The Hall–Kier alpha value is -2.54. The highest BCUT2D eigenvalue weighted by atomic mass is 32.2. The van der Waals surface area contributed by atoms with Gasteiger partial charge in [0.05, 0.1) is 26.5 Å². The van der Waals surface area contributed by atoms with Gasteiger partial charge in [0, 0.05) is 5.56 Å². The Bertz CT molecular complexity index is 843. The number of ether oxygens (including phenoxy) is 4. The lowest BCUT2D eigenvalue weighted by atomic mass is 10.1. The predicted molar refractivity (Wildman–Crippen MR) is 103 cm³/mol. The molecule has 4 rings (SSSR count). The summed E-state index contributed by atoms with van der Waals surface area (Å²) in [6, 6.07) is 13.2. The molecule has 2 aromatic rings. The third kappa shape index (κ3) is 3.51. The van der Waals surface area contributed by atoms with Gasteiger partial charge in [-0.2, -0.15) is 0 Å². The first-order valence-corrected chi connectivity index (χ1v) is 9.76. The standard InChI is InChI=1S/C20H21NO5S/c1-23-13-7-8-16(24-2)15(9-13)20-21(19(22)12-27-20)10-14-11-25-17-5-3-4-6-18(17)26-14/h3-9,14,20H,10-12H2,1-2H3. The molecule has 6 nitrogen and oxygen atoms in total. The van der Waals surface area contributed by atoms with E-state index < -0.39 is 0 Å². The van der Waals surface area contributed by atoms with E-state index in [4.69, 9.17) is 18.9 Å². The van der Waals surface area contributed by atoms with Crippen LogP contribution in [-0.2, 0) is 4.79 Å². The number of para-hydroxylation sites is 2. The molecule has 2 atom stereocenters. The van der Waals surface area contributed by atoms with Crippen LogP contribution in [0.3, 0.4) is 0 Å². The molecular weight excluding hydrogens is 366 g/mol. The second kappa shape index (κ2) is 7.60. The van der Waals surface area contributed by atoms with Gasteiger partial charge in [-0.3, -0.25) is 4.79 Å². The monoisotopic (exact) mass is 387 g/mol. The van der Waals surface area contributed by atoms with Gasteiger partial charge in [-0.15, -0.1) is 11.8 Å². The maximum Gasteiger partial charge on any atom is 0.233 e. The van der Waals surface area contributed by atoms with Gasteiger partial charge in [-0.05, 0) is 30.3 Å². The molecule has 1 amide bonds. The van der Waals surface area contributed by atoms with Crippen LogP contribution in [-0.4, -0.2) is 50.0 Å². The van der Waals surface area contributed by atoms with Crippen molar-refractivity contribution in [2.75, 3.05) is 33.1 Å². The van der Waals surface area contributed by atoms with E-state index in [-0.39, 0.29) is 17.4 Å². The predicted octanol–water partition coefficient (Wildman–Crippen LogP) is 3.12. The zero-order chi connectivity index (χ0) is 18.8. The van der Waals surface area contributed by atoms with Gasteiger partial charge in [-0.25, -0.2) is 0 Å². The van der Waals surface area contributed by atoms with E-state index in [1.807, 2.05) is 47.4 Å². The van der Waals surface area contributed by atoms with Crippen molar-refractivity contribution in [1.29, 1.82) is 0 Å². The van der Waals surface area contributed by atoms with E-state index in [0.29, 0.717) is 24.7 Å². The first-order valence-electron chi connectivity index (χ1n) is 8.71. The maximum atomic E-state index is 12.6. The highest BCUT2D eigenvalue weighted by Gasteiger charge is 2.37. The fourth-order valence-electron chi connectivity index (χ4n) is 3.31. The molecular formula is C20H21NO5S. The molecule has 0 aromatic heterocycles. The highest BCUT2D eigenvalue weighted by molar-refractivity contribution is 8.00. The zero-order valence-corrected chi connectivity index (χ0v) is 16.0. The Morgan fingerprint density at radius 2 is 1.96 bits per heavy atom. The SMILES string of the molecule is COc1ccc(OC)c(C2SCC(=O)N2CC2COc3ccccc3O2)c1. The first-order chi connectivity index (χ1) is 13.2. The summed E-state index contributed by atoms with van der Waals surface area (Å²) in [5, 5.41) is -0.150. The van der Waals surface area contributed by atoms with E-state index in [0.717, 1.165) is 22.8 Å². The van der Waals surface area contributed by atoms with Gasteiger partial charge in [0.1, 0.15) is 23.5 Å². The number of carbonyl (C=O) groups is 1. The fraction of sp³-hybridized carbons (Fsp3) is 0.350. The second-order valence-corrected chi connectivity index (χ2v) is 7.38. The number of benzene rings is 2. The van der Waals surface area contributed by atoms with Gasteiger partial charge in [-0.1, -0.05) is 12.1 Å². The first kappa shape index (κ1) is 17.9. The summed E-state index contributed by atoms with van der Waals surface area (Å²) in [5.41, 5.74) is 0.921. The average Bonchev–Trinajstić information content (AvgIpc) is 3.07. The number of amides is 1. The smallest absolute Gasteiger partial charge is 0.233 e. The van der Waals surface area contributed by atoms with E-state index in [9.17, 15) is 4.79 Å². The highest BCUT2D eigenvalue weighted by Crippen LogP contribution is 2.44. The van der Waals surface area contributed by atoms with E-state index >= 15 is 0 Å². The topological polar surface area (TPSA) is 57.2 Å². The van der Waals surface area contributed by atoms with Gasteiger partial charge in [0.25, 0.3) is 0 Å². The van der Waals surface area contributed by atoms with Crippen LogP contribution in [0.2, 0.25) is 0 Å². The maximum absolute atomic E-state index is 12.6. The van der Waals surface area contributed by atoms with Crippen LogP contribution in [0.1, 0.15) is 10.9 Å². The van der Waals surface area contributed by atoms with Gasteiger partial charge >= 0.3 is 0 Å². The number of fused-ring (bicyclic) bond motifs is 1. The minimum absolute atomic E-state index is 0.0809. The normalized spacial score (nSPS) is 21.3. The molecule has 0 N–H and O–H groups in total. The number of carbonyl (C=O) groups excluding carboxylic acids is 1. The number of hydrogen-bond donors (Lipinski definition) is 0. The van der Waals surface area contributed by atoms with Crippen LogP contribution >= 0.6 is 11.8 Å². The summed E-state index contributed by atoms with van der Waals surface area (Å²) >= 11 is 1.58. The molecule has 7 heteroatoms. The minimum Gasteiger partial charge on any atom is -0.497 e. The third-order valence-electron chi connectivity index (χ3n) is 4.64. The van der Waals surface area contributed by atoms with E-state index in [1.54, 1.807) is 26.0 Å². The van der Waals surface area contributed by atoms with E-state index in [1.165, 1.54) is 0 Å². The Balaban J connectivity index is 1.56. The Kier molecular flexibility index (Phi) is 5.03. The number of rotatable bonds is 5. The van der Waals surface area contributed by atoms with Crippen molar-refractivity contribution in [3.63, 3.8) is 0 Å². The van der Waals surface area contributed by atoms with Crippen LogP contribution in [0.15, 0.2) is 42.5 Å². The summed E-state index contributed by atoms with van der Waals surface area (Å²) < 4.78 is 22.7. The molecule has 0 bridgehead atoms. The number of methoxy groups -OCH3 is 2. The largest absolute Gasteiger partial charge is 0.497 e. The molecule has 0 radical (unpaired) electrons. The van der Waals surface area contributed by atoms with Crippen LogP contribution in [0.5, 0.6) is 23.0 Å². The van der Waals surface area contributed by atoms with Crippen molar-refractivity contribution in [1.82, 2.24) is 4.90 Å². The molecule has 0 aliphatic carbocycles. The average molecular weight is 387 g/mol. The minimum atomic E-state index is -0.221. The van der Waals surface area contributed by atoms with Crippen molar-refractivity contribution in [2.24, 2.45) is 0 Å². The molecule has 142 valence electrons. The Labute approximate surface area is 162 Å². The van der Waals surface area contributed by atoms with Gasteiger partial charge in [0.15, 0.2) is 17.6 Å². The third-order valence-corrected chi connectivity index (χ3v) is 5.88. The van der Waals surface area contributed by atoms with Crippen molar-refractivity contribution in [3.8, 4) is 23.0 Å². The fourth-order valence-corrected chi connectivity index (χ4v) is 4.53. The molecule has 2 unspecified atom stereocenters. The molecule has 0 spiro atoms. The molecule has 27 heavy (non-hydrogen) atoms. The lowest BCUT2D eigenvalue weighted by Gasteiger charge is -2.32. The van der Waals surface area contributed by atoms with Gasteiger partial charge in [0.2, 0.25) is 5.91 Å². The van der Waals surface area contributed by atoms with Crippen molar-refractivity contribution >= 4 is 17.7 Å². The van der Waals surface area contributed by atoms with Crippen LogP contribution in [0.25, 0.3) is 0 Å². The summed E-state index contributed by atoms with van der Waals surface area (Å²) in [7, 11) is 3.26. The summed E-state index contributed by atoms with van der Waals surface area (Å²) in [4.78, 5) is 14.4. The van der Waals surface area contributed by atoms with Crippen LogP contribution in [0, 0.1) is 0 Å². The zero-order valence-electron chi connectivity index (χ0n) is 15.2. The van der Waals surface area contributed by atoms with Crippen LogP contribution in [0.4, 0.5) is 0 Å². The Morgan fingerprint density at radius 1 is 1.15 bits per heavy atom. The van der Waals surface area contributed by atoms with Crippen LogP contribution < -0.4 is 18.9 Å².